The number of guanidine groups is 1. The summed E-state index contributed by atoms with van der Waals surface area (Å²) < 4.78 is 5.28. The van der Waals surface area contributed by atoms with Crippen LogP contribution >= 0.6 is 24.0 Å². The molecule has 0 saturated carbocycles. The van der Waals surface area contributed by atoms with Gasteiger partial charge >= 0.3 is 0 Å². The monoisotopic (exact) mass is 444 g/mol. The molecule has 1 aromatic carbocycles. The molecule has 8 heteroatoms. The number of hydrogen-bond acceptors (Lipinski definition) is 4. The van der Waals surface area contributed by atoms with Crippen molar-refractivity contribution in [3.63, 3.8) is 0 Å². The number of hydrogen-bond donors (Lipinski definition) is 2. The van der Waals surface area contributed by atoms with Crippen molar-refractivity contribution in [1.82, 2.24) is 10.6 Å². The fraction of sp³-hybridized carbons (Fsp3) is 0.312. The number of nitro benzene ring substituents is 1. The third kappa shape index (κ3) is 6.57. The van der Waals surface area contributed by atoms with Crippen molar-refractivity contribution in [2.75, 3.05) is 13.1 Å². The zero-order valence-electron chi connectivity index (χ0n) is 13.4. The summed E-state index contributed by atoms with van der Waals surface area (Å²) >= 11 is 0. The Morgan fingerprint density at radius 1 is 1.29 bits per heavy atom. The lowest BCUT2D eigenvalue weighted by molar-refractivity contribution is -0.384. The third-order valence-electron chi connectivity index (χ3n) is 3.13. The lowest BCUT2D eigenvalue weighted by atomic mass is 10.2. The Balaban J connectivity index is 0.00000288. The molecular formula is C16H21IN4O3. The minimum Gasteiger partial charge on any atom is -0.469 e. The lowest BCUT2D eigenvalue weighted by Gasteiger charge is -2.10. The summed E-state index contributed by atoms with van der Waals surface area (Å²) in [5.74, 6) is 1.58. The first kappa shape index (κ1) is 19.9. The molecule has 130 valence electrons. The van der Waals surface area contributed by atoms with Crippen molar-refractivity contribution in [2.24, 2.45) is 4.99 Å². The molecule has 0 amide bonds. The van der Waals surface area contributed by atoms with Crippen LogP contribution in [0, 0.1) is 10.1 Å². The summed E-state index contributed by atoms with van der Waals surface area (Å²) in [5.41, 5.74) is 0.871. The van der Waals surface area contributed by atoms with Gasteiger partial charge in [-0.3, -0.25) is 10.1 Å². The van der Waals surface area contributed by atoms with E-state index in [0.717, 1.165) is 24.3 Å². The average Bonchev–Trinajstić information content (AvgIpc) is 3.06. The molecule has 0 saturated heterocycles. The van der Waals surface area contributed by atoms with E-state index in [2.05, 4.69) is 15.6 Å². The summed E-state index contributed by atoms with van der Waals surface area (Å²) in [5, 5.41) is 17.1. The van der Waals surface area contributed by atoms with Crippen molar-refractivity contribution in [2.45, 2.75) is 19.9 Å². The van der Waals surface area contributed by atoms with Crippen LogP contribution in [0.1, 0.15) is 18.2 Å². The lowest BCUT2D eigenvalue weighted by Crippen LogP contribution is -2.38. The predicted octanol–water partition coefficient (Wildman–Crippen LogP) is 3.10. The molecule has 0 aliphatic heterocycles. The molecule has 1 aromatic heterocycles. The molecule has 7 nitrogen and oxygen atoms in total. The van der Waals surface area contributed by atoms with Crippen LogP contribution in [0.4, 0.5) is 5.69 Å². The molecular weight excluding hydrogens is 423 g/mol. The largest absolute Gasteiger partial charge is 0.469 e. The number of rotatable bonds is 7. The van der Waals surface area contributed by atoms with Crippen LogP contribution in [0.15, 0.2) is 52.1 Å². The topological polar surface area (TPSA) is 92.7 Å². The van der Waals surface area contributed by atoms with Gasteiger partial charge in [-0.05, 0) is 24.6 Å². The molecule has 0 spiro atoms. The van der Waals surface area contributed by atoms with Gasteiger partial charge in [0.25, 0.3) is 5.69 Å². The molecule has 0 fully saturated rings. The van der Waals surface area contributed by atoms with Crippen LogP contribution in [-0.4, -0.2) is 24.0 Å². The van der Waals surface area contributed by atoms with Gasteiger partial charge in [-0.25, -0.2) is 4.99 Å². The number of nitro groups is 1. The minimum absolute atomic E-state index is 0. The zero-order valence-corrected chi connectivity index (χ0v) is 15.7. The number of nitrogens with one attached hydrogen (secondary N) is 2. The van der Waals surface area contributed by atoms with Crippen molar-refractivity contribution in [3.05, 3.63) is 64.1 Å². The molecule has 1 heterocycles. The fourth-order valence-electron chi connectivity index (χ4n) is 2.04. The maximum Gasteiger partial charge on any atom is 0.269 e. The number of furan rings is 1. The molecule has 0 radical (unpaired) electrons. The Morgan fingerprint density at radius 3 is 2.79 bits per heavy atom. The fourth-order valence-corrected chi connectivity index (χ4v) is 2.04. The maximum absolute atomic E-state index is 10.8. The van der Waals surface area contributed by atoms with E-state index < -0.39 is 4.92 Å². The summed E-state index contributed by atoms with van der Waals surface area (Å²) in [4.78, 5) is 14.8. The number of aliphatic imine (C=N–C) groups is 1. The molecule has 2 aromatic rings. The Labute approximate surface area is 157 Å². The average molecular weight is 444 g/mol. The van der Waals surface area contributed by atoms with E-state index in [0.29, 0.717) is 19.0 Å². The first-order valence-corrected chi connectivity index (χ1v) is 7.47. The standard InChI is InChI=1S/C16H20N4O3.HI/c1-2-17-16(18-9-8-15-7-4-10-23-15)19-12-13-5-3-6-14(11-13)20(21)22;/h3-7,10-11H,2,8-9,12H2,1H3,(H2,17,18,19);1H. The van der Waals surface area contributed by atoms with Crippen LogP contribution in [0.2, 0.25) is 0 Å². The Kier molecular flexibility index (Phi) is 8.84. The molecule has 0 bridgehead atoms. The van der Waals surface area contributed by atoms with E-state index in [1.807, 2.05) is 25.1 Å². The summed E-state index contributed by atoms with van der Waals surface area (Å²) in [7, 11) is 0. The zero-order chi connectivity index (χ0) is 16.5. The molecule has 0 aliphatic rings. The Morgan fingerprint density at radius 2 is 2.12 bits per heavy atom. The van der Waals surface area contributed by atoms with Gasteiger partial charge < -0.3 is 15.1 Å². The van der Waals surface area contributed by atoms with Crippen molar-refractivity contribution in [1.29, 1.82) is 0 Å². The van der Waals surface area contributed by atoms with Crippen molar-refractivity contribution >= 4 is 35.6 Å². The molecule has 0 aliphatic carbocycles. The second-order valence-electron chi connectivity index (χ2n) is 4.88. The number of non-ortho nitro benzene ring substituents is 1. The van der Waals surface area contributed by atoms with Crippen LogP contribution < -0.4 is 10.6 Å². The highest BCUT2D eigenvalue weighted by molar-refractivity contribution is 14.0. The second kappa shape index (κ2) is 10.6. The number of benzene rings is 1. The summed E-state index contributed by atoms with van der Waals surface area (Å²) in [6.45, 7) is 3.78. The van der Waals surface area contributed by atoms with Gasteiger partial charge in [-0.15, -0.1) is 24.0 Å². The van der Waals surface area contributed by atoms with Gasteiger partial charge in [-0.1, -0.05) is 12.1 Å². The van der Waals surface area contributed by atoms with Crippen LogP contribution in [-0.2, 0) is 13.0 Å². The first-order valence-electron chi connectivity index (χ1n) is 7.47. The number of nitrogens with zero attached hydrogens (tertiary/aromatic N) is 2. The molecule has 0 unspecified atom stereocenters. The van der Waals surface area contributed by atoms with Crippen molar-refractivity contribution < 1.29 is 9.34 Å². The van der Waals surface area contributed by atoms with Gasteiger partial charge in [0, 0.05) is 31.6 Å². The van der Waals surface area contributed by atoms with Gasteiger partial charge in [0.2, 0.25) is 0 Å². The van der Waals surface area contributed by atoms with Crippen molar-refractivity contribution in [3.8, 4) is 0 Å². The summed E-state index contributed by atoms with van der Waals surface area (Å²) in [6.07, 6.45) is 2.41. The van der Waals surface area contributed by atoms with E-state index in [1.54, 1.807) is 12.3 Å². The van der Waals surface area contributed by atoms with E-state index >= 15 is 0 Å². The van der Waals surface area contributed by atoms with Gasteiger partial charge in [0.1, 0.15) is 5.76 Å². The SMILES string of the molecule is CCNC(=NCc1cccc([N+](=O)[O-])c1)NCCc1ccco1.I. The van der Waals surface area contributed by atoms with E-state index in [-0.39, 0.29) is 29.7 Å². The molecule has 24 heavy (non-hydrogen) atoms. The summed E-state index contributed by atoms with van der Waals surface area (Å²) in [6, 6.07) is 10.3. The predicted molar refractivity (Wildman–Crippen MR) is 104 cm³/mol. The van der Waals surface area contributed by atoms with Gasteiger partial charge in [0.15, 0.2) is 5.96 Å². The van der Waals surface area contributed by atoms with E-state index in [1.165, 1.54) is 12.1 Å². The highest BCUT2D eigenvalue weighted by atomic mass is 127. The third-order valence-corrected chi connectivity index (χ3v) is 3.13. The second-order valence-corrected chi connectivity index (χ2v) is 4.88. The quantitative estimate of drug-likeness (QED) is 0.225. The number of halogens is 1. The minimum atomic E-state index is -0.403. The smallest absolute Gasteiger partial charge is 0.269 e. The Hall–Kier alpha value is -2.10. The molecule has 2 N–H and O–H groups in total. The highest BCUT2D eigenvalue weighted by Gasteiger charge is 2.05. The highest BCUT2D eigenvalue weighted by Crippen LogP contribution is 2.13. The van der Waals surface area contributed by atoms with Crippen LogP contribution in [0.3, 0.4) is 0 Å². The first-order chi connectivity index (χ1) is 11.2. The normalized spacial score (nSPS) is 10.8. The molecule has 2 rings (SSSR count). The maximum atomic E-state index is 10.8. The van der Waals surface area contributed by atoms with E-state index in [9.17, 15) is 10.1 Å². The van der Waals surface area contributed by atoms with Gasteiger partial charge in [0.05, 0.1) is 17.7 Å². The molecule has 0 atom stereocenters. The van der Waals surface area contributed by atoms with Gasteiger partial charge in [-0.2, -0.15) is 0 Å². The van der Waals surface area contributed by atoms with E-state index in [4.69, 9.17) is 4.42 Å². The van der Waals surface area contributed by atoms with Crippen LogP contribution in [0.25, 0.3) is 0 Å². The van der Waals surface area contributed by atoms with Crippen LogP contribution in [0.5, 0.6) is 0 Å². The Bertz CT molecular complexity index is 659.